The van der Waals surface area contributed by atoms with E-state index >= 15 is 0 Å². The number of rotatable bonds is 7. The summed E-state index contributed by atoms with van der Waals surface area (Å²) in [5, 5.41) is 0. The highest BCUT2D eigenvalue weighted by atomic mass is 19.1. The van der Waals surface area contributed by atoms with Crippen LogP contribution in [0, 0.1) is 5.82 Å². The molecule has 0 fully saturated rings. The Morgan fingerprint density at radius 1 is 1.04 bits per heavy atom. The van der Waals surface area contributed by atoms with Gasteiger partial charge in [0.05, 0.1) is 0 Å². The third-order valence-corrected chi connectivity index (χ3v) is 3.27. The summed E-state index contributed by atoms with van der Waals surface area (Å²) in [4.78, 5) is 22.3. The van der Waals surface area contributed by atoms with E-state index < -0.39 is 17.8 Å². The molecule has 0 aliphatic rings. The highest BCUT2D eigenvalue weighted by Gasteiger charge is 2.09. The van der Waals surface area contributed by atoms with Gasteiger partial charge < -0.3 is 14.2 Å². The van der Waals surface area contributed by atoms with Crippen molar-refractivity contribution in [3.05, 3.63) is 85.6 Å². The average molecular weight is 368 g/mol. The molecule has 0 spiro atoms. The Morgan fingerprint density at radius 2 is 1.70 bits per heavy atom. The minimum absolute atomic E-state index is 0.0931. The van der Waals surface area contributed by atoms with Gasteiger partial charge in [0.1, 0.15) is 29.8 Å². The van der Waals surface area contributed by atoms with Crippen LogP contribution < -0.4 is 9.47 Å². The predicted molar refractivity (Wildman–Crippen MR) is 98.3 cm³/mol. The molecule has 2 aromatic carbocycles. The van der Waals surface area contributed by atoms with Gasteiger partial charge in [0.15, 0.2) is 0 Å². The molecule has 5 nitrogen and oxygen atoms in total. The van der Waals surface area contributed by atoms with Crippen molar-refractivity contribution in [1.29, 1.82) is 0 Å². The highest BCUT2D eigenvalue weighted by molar-refractivity contribution is 5.87. The fourth-order valence-electron chi connectivity index (χ4n) is 1.96. The number of esters is 2. The van der Waals surface area contributed by atoms with Crippen LogP contribution in [0.1, 0.15) is 6.92 Å². The van der Waals surface area contributed by atoms with Gasteiger partial charge in [-0.25, -0.2) is 14.0 Å². The van der Waals surface area contributed by atoms with Crippen molar-refractivity contribution in [2.75, 3.05) is 0 Å². The number of hydrogen-bond donors (Lipinski definition) is 0. The van der Waals surface area contributed by atoms with Crippen molar-refractivity contribution in [1.82, 2.24) is 0 Å². The second-order valence-corrected chi connectivity index (χ2v) is 5.37. The van der Waals surface area contributed by atoms with Crippen LogP contribution in [0.15, 0.2) is 79.8 Å². The first-order valence-corrected chi connectivity index (χ1v) is 7.83. The summed E-state index contributed by atoms with van der Waals surface area (Å²) in [6.07, 6.45) is 3.31. The first-order valence-electron chi connectivity index (χ1n) is 7.83. The van der Waals surface area contributed by atoms with Gasteiger partial charge in [-0.05, 0) is 36.8 Å². The number of carbonyl (C=O) groups is 2. The maximum absolute atomic E-state index is 14.3. The van der Waals surface area contributed by atoms with Crippen LogP contribution in [0.2, 0.25) is 0 Å². The summed E-state index contributed by atoms with van der Waals surface area (Å²) in [5.41, 5.74) is 1.22. The van der Waals surface area contributed by atoms with Crippen LogP contribution in [0.5, 0.6) is 11.5 Å². The Hall–Kier alpha value is -3.67. The van der Waals surface area contributed by atoms with E-state index in [0.717, 1.165) is 18.4 Å². The number of hydrogen-bond acceptors (Lipinski definition) is 5. The first-order chi connectivity index (χ1) is 12.9. The maximum Gasteiger partial charge on any atom is 0.338 e. The van der Waals surface area contributed by atoms with E-state index in [-0.39, 0.29) is 11.3 Å². The van der Waals surface area contributed by atoms with Crippen LogP contribution in [0.3, 0.4) is 0 Å². The third kappa shape index (κ3) is 5.67. The topological polar surface area (TPSA) is 61.8 Å². The molecule has 27 heavy (non-hydrogen) atoms. The van der Waals surface area contributed by atoms with Crippen molar-refractivity contribution in [2.24, 2.45) is 0 Å². The molecule has 0 aromatic heterocycles. The molecule has 0 radical (unpaired) electrons. The van der Waals surface area contributed by atoms with E-state index in [1.165, 1.54) is 25.3 Å². The predicted octanol–water partition coefficient (Wildman–Crippen LogP) is 4.55. The molecule has 0 aliphatic heterocycles. The first kappa shape index (κ1) is 19.7. The minimum Gasteiger partial charge on any atom is -0.462 e. The van der Waals surface area contributed by atoms with Crippen molar-refractivity contribution in [3.63, 3.8) is 0 Å². The zero-order valence-electron chi connectivity index (χ0n) is 14.6. The van der Waals surface area contributed by atoms with Crippen LogP contribution in [0.4, 0.5) is 4.39 Å². The number of carbonyl (C=O) groups excluding carboxylic acids is 2. The SMILES string of the molecule is C=CC(=O)Oc1ccc(-c2ccc(O/C=C\OC(=O)C(=C)C)cc2)c(F)c1. The van der Waals surface area contributed by atoms with E-state index in [1.807, 2.05) is 0 Å². The van der Waals surface area contributed by atoms with Gasteiger partial charge >= 0.3 is 11.9 Å². The van der Waals surface area contributed by atoms with Gasteiger partial charge in [-0.3, -0.25) is 0 Å². The Labute approximate surface area is 156 Å². The Kier molecular flexibility index (Phi) is 6.66. The normalized spacial score (nSPS) is 10.3. The molecule has 0 atom stereocenters. The molecule has 0 aliphatic carbocycles. The molecule has 0 N–H and O–H groups in total. The van der Waals surface area contributed by atoms with Crippen molar-refractivity contribution in [2.45, 2.75) is 6.92 Å². The van der Waals surface area contributed by atoms with E-state index in [9.17, 15) is 14.0 Å². The number of benzene rings is 2. The van der Waals surface area contributed by atoms with E-state index in [4.69, 9.17) is 14.2 Å². The summed E-state index contributed by atoms with van der Waals surface area (Å²) < 4.78 is 29.2. The third-order valence-electron chi connectivity index (χ3n) is 3.27. The molecule has 2 rings (SSSR count). The Bertz CT molecular complexity index is 897. The molecule has 0 amide bonds. The smallest absolute Gasteiger partial charge is 0.338 e. The quantitative estimate of drug-likeness (QED) is 0.310. The van der Waals surface area contributed by atoms with E-state index in [1.54, 1.807) is 24.3 Å². The summed E-state index contributed by atoms with van der Waals surface area (Å²) in [6, 6.07) is 10.7. The molecule has 138 valence electrons. The molecule has 0 saturated carbocycles. The lowest BCUT2D eigenvalue weighted by atomic mass is 10.0. The summed E-state index contributed by atoms with van der Waals surface area (Å²) >= 11 is 0. The van der Waals surface area contributed by atoms with Gasteiger partial charge in [-0.15, -0.1) is 0 Å². The maximum atomic E-state index is 14.3. The van der Waals surface area contributed by atoms with Gasteiger partial charge in [0, 0.05) is 23.3 Å². The van der Waals surface area contributed by atoms with E-state index in [2.05, 4.69) is 13.2 Å². The molecular weight excluding hydrogens is 351 g/mol. The highest BCUT2D eigenvalue weighted by Crippen LogP contribution is 2.28. The van der Waals surface area contributed by atoms with Crippen LogP contribution in [0.25, 0.3) is 11.1 Å². The van der Waals surface area contributed by atoms with Crippen LogP contribution in [-0.2, 0) is 14.3 Å². The largest absolute Gasteiger partial charge is 0.462 e. The number of halogens is 1. The molecule has 6 heteroatoms. The van der Waals surface area contributed by atoms with Crippen molar-refractivity contribution < 1.29 is 28.2 Å². The molecule has 2 aromatic rings. The summed E-state index contributed by atoms with van der Waals surface area (Å²) in [7, 11) is 0. The van der Waals surface area contributed by atoms with Gasteiger partial charge in [0.25, 0.3) is 0 Å². The zero-order valence-corrected chi connectivity index (χ0v) is 14.6. The van der Waals surface area contributed by atoms with Crippen molar-refractivity contribution >= 4 is 11.9 Å². The molecule has 0 bridgehead atoms. The average Bonchev–Trinajstić information content (AvgIpc) is 2.65. The standard InChI is InChI=1S/C21H17FO5/c1-4-20(23)27-17-9-10-18(19(22)13-17)15-5-7-16(8-6-15)25-11-12-26-21(24)14(2)3/h4-13H,1-2H2,3H3/b12-11-. The monoisotopic (exact) mass is 368 g/mol. The van der Waals surface area contributed by atoms with Gasteiger partial charge in [-0.2, -0.15) is 0 Å². The lowest BCUT2D eigenvalue weighted by Gasteiger charge is -2.07. The van der Waals surface area contributed by atoms with Crippen LogP contribution >= 0.6 is 0 Å². The zero-order chi connectivity index (χ0) is 19.8. The lowest BCUT2D eigenvalue weighted by Crippen LogP contribution is -2.03. The van der Waals surface area contributed by atoms with E-state index in [0.29, 0.717) is 16.9 Å². The van der Waals surface area contributed by atoms with Gasteiger partial charge in [0.2, 0.25) is 0 Å². The molecule has 0 saturated heterocycles. The molecule has 0 unspecified atom stereocenters. The summed E-state index contributed by atoms with van der Waals surface area (Å²) in [5.74, 6) is -1.19. The number of ether oxygens (including phenoxy) is 3. The van der Waals surface area contributed by atoms with Crippen LogP contribution in [-0.4, -0.2) is 11.9 Å². The lowest BCUT2D eigenvalue weighted by molar-refractivity contribution is -0.133. The fourth-order valence-corrected chi connectivity index (χ4v) is 1.96. The Morgan fingerprint density at radius 3 is 2.30 bits per heavy atom. The fraction of sp³-hybridized carbons (Fsp3) is 0.0476. The second kappa shape index (κ2) is 9.15. The minimum atomic E-state index is -0.661. The summed E-state index contributed by atoms with van der Waals surface area (Å²) in [6.45, 7) is 8.27. The van der Waals surface area contributed by atoms with Crippen molar-refractivity contribution in [3.8, 4) is 22.6 Å². The van der Waals surface area contributed by atoms with Gasteiger partial charge in [-0.1, -0.05) is 25.3 Å². The second-order valence-electron chi connectivity index (χ2n) is 5.37. The Balaban J connectivity index is 2.03. The molecular formula is C21H17FO5. The molecule has 0 heterocycles.